The van der Waals surface area contributed by atoms with Crippen LogP contribution in [0.5, 0.6) is 0 Å². The number of nitrogens with one attached hydrogen (secondary N) is 3. The third kappa shape index (κ3) is 3.65. The molecule has 5 N–H and O–H groups in total. The summed E-state index contributed by atoms with van der Waals surface area (Å²) in [5, 5.41) is 3.32. The van der Waals surface area contributed by atoms with Crippen LogP contribution in [-0.2, 0) is 10.0 Å². The normalized spacial score (nSPS) is 21.6. The topological polar surface area (TPSA) is 132 Å². The Labute approximate surface area is 180 Å². The van der Waals surface area contributed by atoms with Gasteiger partial charge in [-0.25, -0.2) is 18.8 Å². The Hall–Kier alpha value is -2.99. The first-order chi connectivity index (χ1) is 14.9. The second-order valence-electron chi connectivity index (χ2n) is 7.72. The predicted molar refractivity (Wildman–Crippen MR) is 117 cm³/mol. The van der Waals surface area contributed by atoms with Crippen molar-refractivity contribution in [2.75, 3.05) is 43.8 Å². The number of carbonyl (C=O) groups is 1. The summed E-state index contributed by atoms with van der Waals surface area (Å²) in [6.07, 6.45) is -0.340. The van der Waals surface area contributed by atoms with E-state index in [2.05, 4.69) is 21.1 Å². The van der Waals surface area contributed by atoms with Crippen LogP contribution < -0.4 is 21.9 Å². The summed E-state index contributed by atoms with van der Waals surface area (Å²) in [7, 11) is -3.54. The lowest BCUT2D eigenvalue weighted by atomic mass is 9.99. The number of hydrazine groups is 1. The van der Waals surface area contributed by atoms with Crippen LogP contribution in [0.4, 0.5) is 11.4 Å². The van der Waals surface area contributed by atoms with Gasteiger partial charge in [0.2, 0.25) is 10.0 Å². The van der Waals surface area contributed by atoms with Crippen molar-refractivity contribution >= 4 is 33.1 Å². The zero-order valence-corrected chi connectivity index (χ0v) is 17.5. The first-order valence-electron chi connectivity index (χ1n) is 10.0. The van der Waals surface area contributed by atoms with Gasteiger partial charge in [-0.3, -0.25) is 15.1 Å². The molecule has 3 aliphatic rings. The van der Waals surface area contributed by atoms with Gasteiger partial charge < -0.3 is 11.1 Å². The molecule has 1 atom stereocenters. The number of hydrogen-bond acceptors (Lipinski definition) is 8. The summed E-state index contributed by atoms with van der Waals surface area (Å²) in [6.45, 7) is 2.55. The number of anilines is 2. The van der Waals surface area contributed by atoms with E-state index in [-0.39, 0.29) is 17.0 Å². The molecule has 31 heavy (non-hydrogen) atoms. The highest BCUT2D eigenvalue weighted by atomic mass is 32.2. The third-order valence-corrected chi connectivity index (χ3v) is 7.65. The molecule has 0 aliphatic carbocycles. The number of amidine groups is 1. The molecule has 10 nitrogen and oxygen atoms in total. The fourth-order valence-corrected chi connectivity index (χ4v) is 5.51. The quantitative estimate of drug-likeness (QED) is 0.503. The number of carbonyl (C=O) groups excluding carboxylic acids is 1. The third-order valence-electron chi connectivity index (χ3n) is 5.73. The van der Waals surface area contributed by atoms with Crippen LogP contribution in [0.15, 0.2) is 52.4 Å². The number of rotatable bonds is 4. The fraction of sp³-hybridized carbons (Fsp3) is 0.300. The van der Waals surface area contributed by atoms with Crippen molar-refractivity contribution in [2.24, 2.45) is 4.99 Å². The number of benzene rings is 2. The van der Waals surface area contributed by atoms with Crippen molar-refractivity contribution in [1.29, 1.82) is 0 Å². The highest BCUT2D eigenvalue weighted by Gasteiger charge is 2.32. The number of nitrogens with zero attached hydrogens (tertiary/aromatic N) is 3. The minimum Gasteiger partial charge on any atom is -0.399 e. The lowest BCUT2D eigenvalue weighted by molar-refractivity contribution is 0.0908. The smallest absolute Gasteiger partial charge is 0.265 e. The molecule has 162 valence electrons. The van der Waals surface area contributed by atoms with Crippen LogP contribution in [0.25, 0.3) is 0 Å². The second kappa shape index (κ2) is 7.61. The van der Waals surface area contributed by atoms with Crippen LogP contribution in [0.3, 0.4) is 0 Å². The van der Waals surface area contributed by atoms with Crippen molar-refractivity contribution in [3.05, 3.63) is 53.6 Å². The molecule has 3 aliphatic heterocycles. The maximum atomic E-state index is 12.9. The van der Waals surface area contributed by atoms with Crippen LogP contribution in [0.2, 0.25) is 0 Å². The number of hydrogen-bond donors (Lipinski definition) is 4. The molecule has 0 bridgehead atoms. The Bertz CT molecular complexity index is 1160. The van der Waals surface area contributed by atoms with Gasteiger partial charge >= 0.3 is 0 Å². The van der Waals surface area contributed by atoms with Crippen LogP contribution in [0.1, 0.15) is 22.1 Å². The number of sulfonamides is 1. The Morgan fingerprint density at radius 2 is 1.81 bits per heavy atom. The van der Waals surface area contributed by atoms with Gasteiger partial charge in [0.25, 0.3) is 5.91 Å². The Morgan fingerprint density at radius 3 is 2.55 bits per heavy atom. The van der Waals surface area contributed by atoms with Gasteiger partial charge in [0.05, 0.1) is 11.4 Å². The lowest BCUT2D eigenvalue weighted by Gasteiger charge is -2.36. The van der Waals surface area contributed by atoms with E-state index in [1.807, 2.05) is 12.1 Å². The monoisotopic (exact) mass is 441 g/mol. The standard InChI is InChI=1S/C20H23N7O3S/c21-13-4-6-14(7-5-13)31(29,30)27-10-8-26(9-11-27)12-17-22-16-3-1-2-15-18(16)19(23-17)24-25-20(15)28/h1-7,19,24H,8-12,21H2,(H,22,23)(H,25,28). The van der Waals surface area contributed by atoms with Gasteiger partial charge in [0.15, 0.2) is 0 Å². The van der Waals surface area contributed by atoms with Crippen molar-refractivity contribution in [3.8, 4) is 0 Å². The summed E-state index contributed by atoms with van der Waals surface area (Å²) < 4.78 is 27.2. The SMILES string of the molecule is Nc1ccc(S(=O)(=O)N2CCN(CC3=NC4NNC(=O)c5cccc(c54)N3)CC2)cc1. The van der Waals surface area contributed by atoms with Crippen molar-refractivity contribution in [1.82, 2.24) is 20.1 Å². The van der Waals surface area contributed by atoms with Crippen molar-refractivity contribution in [2.45, 2.75) is 11.1 Å². The van der Waals surface area contributed by atoms with Gasteiger partial charge in [0.1, 0.15) is 12.0 Å². The number of nitrogen functional groups attached to an aromatic ring is 1. The molecular weight excluding hydrogens is 418 g/mol. The molecule has 1 amide bonds. The molecule has 5 rings (SSSR count). The zero-order valence-electron chi connectivity index (χ0n) is 16.7. The number of aliphatic imine (C=N–C) groups is 1. The molecule has 1 unspecified atom stereocenters. The van der Waals surface area contributed by atoms with Gasteiger partial charge in [-0.15, -0.1) is 0 Å². The second-order valence-corrected chi connectivity index (χ2v) is 9.66. The minimum absolute atomic E-state index is 0.174. The molecule has 2 aromatic carbocycles. The van der Waals surface area contributed by atoms with Gasteiger partial charge in [-0.2, -0.15) is 4.31 Å². The Balaban J connectivity index is 1.25. The molecular formula is C20H23N7O3S. The maximum Gasteiger partial charge on any atom is 0.265 e. The summed E-state index contributed by atoms with van der Waals surface area (Å²) in [4.78, 5) is 19.2. The fourth-order valence-electron chi connectivity index (χ4n) is 4.09. The summed E-state index contributed by atoms with van der Waals surface area (Å²) in [5.74, 6) is 0.597. The van der Waals surface area contributed by atoms with Gasteiger partial charge in [-0.05, 0) is 36.4 Å². The molecule has 0 radical (unpaired) electrons. The van der Waals surface area contributed by atoms with Crippen molar-refractivity contribution in [3.63, 3.8) is 0 Å². The van der Waals surface area contributed by atoms with Gasteiger partial charge in [-0.1, -0.05) is 6.07 Å². The highest BCUT2D eigenvalue weighted by Crippen LogP contribution is 2.33. The van der Waals surface area contributed by atoms with E-state index in [4.69, 9.17) is 10.7 Å². The van der Waals surface area contributed by atoms with E-state index in [0.29, 0.717) is 44.0 Å². The molecule has 0 aromatic heterocycles. The number of nitrogens with two attached hydrogens (primary N) is 1. The highest BCUT2D eigenvalue weighted by molar-refractivity contribution is 7.89. The van der Waals surface area contributed by atoms with Crippen LogP contribution >= 0.6 is 0 Å². The maximum absolute atomic E-state index is 12.9. The molecule has 11 heteroatoms. The number of piperazine rings is 1. The van der Waals surface area contributed by atoms with E-state index in [9.17, 15) is 13.2 Å². The average Bonchev–Trinajstić information content (AvgIpc) is 2.77. The van der Waals surface area contributed by atoms with E-state index in [1.165, 1.54) is 4.31 Å². The van der Waals surface area contributed by atoms with Crippen molar-refractivity contribution < 1.29 is 13.2 Å². The predicted octanol–water partition coefficient (Wildman–Crippen LogP) is 0.346. The summed E-state index contributed by atoms with van der Waals surface area (Å²) in [6, 6.07) is 11.8. The van der Waals surface area contributed by atoms with Crippen LogP contribution in [0, 0.1) is 0 Å². The summed E-state index contributed by atoms with van der Waals surface area (Å²) >= 11 is 0. The molecule has 0 saturated carbocycles. The van der Waals surface area contributed by atoms with Crippen LogP contribution in [-0.4, -0.2) is 62.1 Å². The lowest BCUT2D eigenvalue weighted by Crippen LogP contribution is -2.51. The zero-order chi connectivity index (χ0) is 21.6. The Kier molecular flexibility index (Phi) is 4.89. The molecule has 1 saturated heterocycles. The first-order valence-corrected chi connectivity index (χ1v) is 11.5. The van der Waals surface area contributed by atoms with E-state index >= 15 is 0 Å². The average molecular weight is 442 g/mol. The van der Waals surface area contributed by atoms with E-state index in [0.717, 1.165) is 17.1 Å². The molecule has 0 spiro atoms. The largest absolute Gasteiger partial charge is 0.399 e. The summed E-state index contributed by atoms with van der Waals surface area (Å²) in [5.41, 5.74) is 14.1. The molecule has 1 fully saturated rings. The van der Waals surface area contributed by atoms with Gasteiger partial charge in [0, 0.05) is 48.7 Å². The number of amides is 1. The van der Waals surface area contributed by atoms with E-state index < -0.39 is 10.0 Å². The first kappa shape index (κ1) is 19.9. The Morgan fingerprint density at radius 1 is 1.06 bits per heavy atom. The van der Waals surface area contributed by atoms with E-state index in [1.54, 1.807) is 30.3 Å². The minimum atomic E-state index is -3.54. The molecule has 2 aromatic rings. The molecule has 3 heterocycles.